The summed E-state index contributed by atoms with van der Waals surface area (Å²) in [6, 6.07) is 12.5. The van der Waals surface area contributed by atoms with Crippen molar-refractivity contribution in [2.45, 2.75) is 90.1 Å². The number of rotatable bonds is 10. The number of pyridine rings is 1. The number of para-hydroxylation sites is 2. The summed E-state index contributed by atoms with van der Waals surface area (Å²) in [7, 11) is 0. The molecule has 0 fully saturated rings. The van der Waals surface area contributed by atoms with Crippen LogP contribution in [0.5, 0.6) is 0 Å². The highest BCUT2D eigenvalue weighted by atomic mass is 16.6. The van der Waals surface area contributed by atoms with Gasteiger partial charge in [0.05, 0.1) is 28.9 Å². The number of imidazole rings is 1. The summed E-state index contributed by atoms with van der Waals surface area (Å²) in [6.45, 7) is 10.3. The minimum absolute atomic E-state index is 0.117. The van der Waals surface area contributed by atoms with Gasteiger partial charge in [-0.3, -0.25) is 10.3 Å². The van der Waals surface area contributed by atoms with Crippen molar-refractivity contribution in [3.05, 3.63) is 72.3 Å². The maximum Gasteiger partial charge on any atom is 0.408 e. The maximum absolute atomic E-state index is 12.6. The van der Waals surface area contributed by atoms with Crippen LogP contribution >= 0.6 is 0 Å². The molecule has 3 aromatic rings. The summed E-state index contributed by atoms with van der Waals surface area (Å²) in [5.74, 6) is 1.08. The van der Waals surface area contributed by atoms with Gasteiger partial charge >= 0.3 is 6.09 Å². The Labute approximate surface area is 214 Å². The van der Waals surface area contributed by atoms with Crippen LogP contribution < -0.4 is 10.6 Å². The van der Waals surface area contributed by atoms with Crippen molar-refractivity contribution in [1.29, 1.82) is 0 Å². The smallest absolute Gasteiger partial charge is 0.408 e. The van der Waals surface area contributed by atoms with Crippen LogP contribution in [0.15, 0.2) is 55.3 Å². The number of aromatic nitrogens is 3. The zero-order valence-corrected chi connectivity index (χ0v) is 21.8. The third-order valence-corrected chi connectivity index (χ3v) is 6.48. The fourth-order valence-electron chi connectivity index (χ4n) is 4.94. The Morgan fingerprint density at radius 2 is 2.08 bits per heavy atom. The number of nitrogens with zero attached hydrogens (tertiary/aromatic N) is 3. The van der Waals surface area contributed by atoms with Crippen molar-refractivity contribution in [2.75, 3.05) is 0 Å². The number of amides is 1. The lowest BCUT2D eigenvalue weighted by molar-refractivity contribution is 0.0485. The van der Waals surface area contributed by atoms with E-state index in [-0.39, 0.29) is 12.2 Å². The zero-order valence-electron chi connectivity index (χ0n) is 21.8. The second-order valence-corrected chi connectivity index (χ2v) is 10.5. The second-order valence-electron chi connectivity index (χ2n) is 10.5. The molecule has 1 amide bonds. The molecule has 0 spiro atoms. The summed E-state index contributed by atoms with van der Waals surface area (Å²) in [5, 5.41) is 6.74. The van der Waals surface area contributed by atoms with E-state index in [4.69, 9.17) is 9.72 Å². The third kappa shape index (κ3) is 6.72. The third-order valence-electron chi connectivity index (χ3n) is 6.48. The Morgan fingerprint density at radius 3 is 2.89 bits per heavy atom. The van der Waals surface area contributed by atoms with Crippen LogP contribution in [0.2, 0.25) is 0 Å². The van der Waals surface area contributed by atoms with Crippen molar-refractivity contribution in [2.24, 2.45) is 0 Å². The molecular weight excluding hydrogens is 450 g/mol. The van der Waals surface area contributed by atoms with Crippen LogP contribution in [0, 0.1) is 0 Å². The van der Waals surface area contributed by atoms with Crippen molar-refractivity contribution >= 4 is 17.1 Å². The van der Waals surface area contributed by atoms with Crippen molar-refractivity contribution in [3.63, 3.8) is 0 Å². The monoisotopic (exact) mass is 489 g/mol. The highest BCUT2D eigenvalue weighted by Gasteiger charge is 2.26. The van der Waals surface area contributed by atoms with Gasteiger partial charge in [0.1, 0.15) is 11.4 Å². The Balaban J connectivity index is 1.41. The van der Waals surface area contributed by atoms with E-state index in [1.54, 1.807) is 0 Å². The molecule has 2 unspecified atom stereocenters. The summed E-state index contributed by atoms with van der Waals surface area (Å²) in [4.78, 5) is 22.1. The van der Waals surface area contributed by atoms with Gasteiger partial charge in [-0.05, 0) is 83.1 Å². The van der Waals surface area contributed by atoms with Crippen LogP contribution in [0.4, 0.5) is 4.79 Å². The molecule has 192 valence electrons. The number of carbonyl (C=O) groups excluding carboxylic acids is 1. The molecule has 7 nitrogen and oxygen atoms in total. The Bertz CT molecular complexity index is 1180. The lowest BCUT2D eigenvalue weighted by Gasteiger charge is -2.31. The molecule has 1 aromatic carbocycles. The van der Waals surface area contributed by atoms with Gasteiger partial charge in [-0.2, -0.15) is 0 Å². The predicted octanol–water partition coefficient (Wildman–Crippen LogP) is 5.85. The number of unbranched alkanes of at least 4 members (excludes halogenated alkanes) is 1. The lowest BCUT2D eigenvalue weighted by atomic mass is 9.91. The first kappa shape index (κ1) is 25.9. The molecule has 0 saturated carbocycles. The largest absolute Gasteiger partial charge is 0.444 e. The first-order chi connectivity index (χ1) is 17.3. The highest BCUT2D eigenvalue weighted by Crippen LogP contribution is 2.28. The van der Waals surface area contributed by atoms with Crippen LogP contribution in [0.3, 0.4) is 0 Å². The van der Waals surface area contributed by atoms with Crippen LogP contribution in [-0.2, 0) is 24.1 Å². The fraction of sp³-hybridized carbons (Fsp3) is 0.483. The molecule has 4 rings (SSSR count). The number of hydrogen-bond donors (Lipinski definition) is 2. The topological polar surface area (TPSA) is 81.1 Å². The number of fused-ring (bicyclic) bond motifs is 2. The molecule has 7 heteroatoms. The quantitative estimate of drug-likeness (QED) is 0.212. The first-order valence-electron chi connectivity index (χ1n) is 13.1. The minimum atomic E-state index is -0.544. The number of allylic oxidation sites excluding steroid dienone is 1. The molecule has 1 aliphatic rings. The van der Waals surface area contributed by atoms with Gasteiger partial charge in [-0.1, -0.05) is 24.3 Å². The van der Waals surface area contributed by atoms with E-state index in [2.05, 4.69) is 45.0 Å². The summed E-state index contributed by atoms with van der Waals surface area (Å²) < 4.78 is 7.79. The van der Waals surface area contributed by atoms with E-state index in [0.717, 1.165) is 74.0 Å². The fourth-order valence-corrected chi connectivity index (χ4v) is 4.94. The number of nitrogens with one attached hydrogen (secondary N) is 2. The van der Waals surface area contributed by atoms with Crippen molar-refractivity contribution in [1.82, 2.24) is 25.2 Å². The molecular formula is C29H39N5O2. The van der Waals surface area contributed by atoms with Gasteiger partial charge in [0, 0.05) is 19.2 Å². The average molecular weight is 490 g/mol. The SMILES string of the molecule is C=CCn1c(CCCCC(NC(=O)OC(C)(C)C)NC2CCCc3cccnc32)nc2ccccc21. The zero-order chi connectivity index (χ0) is 25.5. The number of hydrogen-bond acceptors (Lipinski definition) is 5. The van der Waals surface area contributed by atoms with Gasteiger partial charge in [-0.25, -0.2) is 9.78 Å². The van der Waals surface area contributed by atoms with E-state index in [9.17, 15) is 4.79 Å². The molecule has 1 aliphatic carbocycles. The van der Waals surface area contributed by atoms with Crippen LogP contribution in [0.25, 0.3) is 11.0 Å². The van der Waals surface area contributed by atoms with Gasteiger partial charge < -0.3 is 14.6 Å². The molecule has 2 N–H and O–H groups in total. The van der Waals surface area contributed by atoms with E-state index >= 15 is 0 Å². The number of aryl methyl sites for hydroxylation is 2. The number of ether oxygens (including phenoxy) is 1. The predicted molar refractivity (Wildman–Crippen MR) is 144 cm³/mol. The molecule has 0 aliphatic heterocycles. The Morgan fingerprint density at radius 1 is 1.25 bits per heavy atom. The average Bonchev–Trinajstić information content (AvgIpc) is 3.18. The van der Waals surface area contributed by atoms with Crippen molar-refractivity contribution in [3.8, 4) is 0 Å². The van der Waals surface area contributed by atoms with E-state index in [0.29, 0.717) is 0 Å². The number of benzene rings is 1. The normalized spacial score (nSPS) is 16.4. The Hall–Kier alpha value is -3.19. The van der Waals surface area contributed by atoms with Crippen LogP contribution in [0.1, 0.15) is 76.0 Å². The first-order valence-corrected chi connectivity index (χ1v) is 13.1. The van der Waals surface area contributed by atoms with Gasteiger partial charge in [-0.15, -0.1) is 6.58 Å². The maximum atomic E-state index is 12.6. The lowest BCUT2D eigenvalue weighted by Crippen LogP contribution is -2.49. The summed E-state index contributed by atoms with van der Waals surface area (Å²) in [5.41, 5.74) is 4.00. The molecule has 36 heavy (non-hydrogen) atoms. The van der Waals surface area contributed by atoms with Gasteiger partial charge in [0.15, 0.2) is 0 Å². The molecule has 2 atom stereocenters. The highest BCUT2D eigenvalue weighted by molar-refractivity contribution is 5.76. The summed E-state index contributed by atoms with van der Waals surface area (Å²) in [6.07, 6.45) is 9.89. The number of alkyl carbamates (subject to hydrolysis) is 1. The molecule has 2 heterocycles. The molecule has 0 bridgehead atoms. The van der Waals surface area contributed by atoms with Gasteiger partial charge in [0.25, 0.3) is 0 Å². The van der Waals surface area contributed by atoms with E-state index in [1.807, 2.05) is 51.2 Å². The molecule has 0 saturated heterocycles. The van der Waals surface area contributed by atoms with Crippen LogP contribution in [-0.4, -0.2) is 32.4 Å². The molecule has 2 aromatic heterocycles. The second kappa shape index (κ2) is 11.7. The summed E-state index contributed by atoms with van der Waals surface area (Å²) >= 11 is 0. The van der Waals surface area contributed by atoms with Gasteiger partial charge in [0.2, 0.25) is 0 Å². The Kier molecular flexibility index (Phi) is 8.41. The molecule has 0 radical (unpaired) electrons. The number of carbonyl (C=O) groups is 1. The minimum Gasteiger partial charge on any atom is -0.444 e. The van der Waals surface area contributed by atoms with E-state index < -0.39 is 11.7 Å². The standard InChI is InChI=1S/C29H39N5O2/c1-5-20-34-24-16-7-6-14-22(24)32-26(34)18-9-8-17-25(33-28(35)36-29(2,3)4)31-23-15-10-12-21-13-11-19-30-27(21)23/h5-7,11,13-14,16,19,23,25,31H,1,8-10,12,15,17-18,20H2,2-4H3,(H,33,35). The van der Waals surface area contributed by atoms with E-state index in [1.165, 1.54) is 5.56 Å². The van der Waals surface area contributed by atoms with Crippen molar-refractivity contribution < 1.29 is 9.53 Å².